The molecule has 0 aromatic heterocycles. The average Bonchev–Trinajstić information content (AvgIpc) is 2.41. The first-order valence-corrected chi connectivity index (χ1v) is 6.01. The number of aliphatic hydroxyl groups excluding tert-OH is 2. The number of fused-ring (bicyclic) bond motifs is 1. The van der Waals surface area contributed by atoms with E-state index in [0.29, 0.717) is 6.42 Å². The zero-order chi connectivity index (χ0) is 12.1. The van der Waals surface area contributed by atoms with E-state index in [0.717, 1.165) is 6.42 Å². The summed E-state index contributed by atoms with van der Waals surface area (Å²) < 4.78 is 5.92. The Kier molecular flexibility index (Phi) is 2.69. The lowest BCUT2D eigenvalue weighted by atomic mass is 9.65. The van der Waals surface area contributed by atoms with E-state index in [-0.39, 0.29) is 17.6 Å². The standard InChI is InChI=1S/C13H22O3/c1-8(14)10-5-11-12(2,3)6-9(15)7-13(11,4)16-10/h5,8-10,14-15H,6-7H2,1-4H3/t8-,9-,10-,13+/m0/s1. The average molecular weight is 226 g/mol. The van der Waals surface area contributed by atoms with Gasteiger partial charge < -0.3 is 14.9 Å². The fourth-order valence-corrected chi connectivity index (χ4v) is 3.30. The fourth-order valence-electron chi connectivity index (χ4n) is 3.30. The second-order valence-corrected chi connectivity index (χ2v) is 6.08. The second kappa shape index (κ2) is 3.56. The van der Waals surface area contributed by atoms with Crippen molar-refractivity contribution in [3.05, 3.63) is 11.6 Å². The minimum atomic E-state index is -0.497. The minimum absolute atomic E-state index is 0.0456. The van der Waals surface area contributed by atoms with Crippen molar-refractivity contribution in [3.63, 3.8) is 0 Å². The molecular formula is C13H22O3. The summed E-state index contributed by atoms with van der Waals surface area (Å²) in [5, 5.41) is 19.5. The molecule has 1 aliphatic carbocycles. The smallest absolute Gasteiger partial charge is 0.103 e. The lowest BCUT2D eigenvalue weighted by Crippen LogP contribution is -2.45. The quantitative estimate of drug-likeness (QED) is 0.668. The molecule has 0 bridgehead atoms. The van der Waals surface area contributed by atoms with Gasteiger partial charge in [0.05, 0.1) is 17.8 Å². The van der Waals surface area contributed by atoms with Crippen molar-refractivity contribution in [2.45, 2.75) is 64.4 Å². The van der Waals surface area contributed by atoms with Crippen LogP contribution in [0.5, 0.6) is 0 Å². The van der Waals surface area contributed by atoms with E-state index >= 15 is 0 Å². The highest BCUT2D eigenvalue weighted by Gasteiger charge is 2.50. The second-order valence-electron chi connectivity index (χ2n) is 6.08. The predicted molar refractivity (Wildman–Crippen MR) is 62.1 cm³/mol. The molecule has 2 rings (SSSR count). The number of hydrogen-bond acceptors (Lipinski definition) is 3. The van der Waals surface area contributed by atoms with Gasteiger partial charge in [0, 0.05) is 6.42 Å². The molecule has 1 fully saturated rings. The highest BCUT2D eigenvalue weighted by molar-refractivity contribution is 5.32. The van der Waals surface area contributed by atoms with Gasteiger partial charge in [-0.15, -0.1) is 0 Å². The van der Waals surface area contributed by atoms with E-state index in [4.69, 9.17) is 4.74 Å². The van der Waals surface area contributed by atoms with Gasteiger partial charge >= 0.3 is 0 Å². The van der Waals surface area contributed by atoms with Crippen molar-refractivity contribution < 1.29 is 14.9 Å². The molecule has 1 heterocycles. The van der Waals surface area contributed by atoms with Crippen LogP contribution in [0.25, 0.3) is 0 Å². The molecule has 92 valence electrons. The molecule has 1 aliphatic heterocycles. The topological polar surface area (TPSA) is 49.7 Å². The highest BCUT2D eigenvalue weighted by Crippen LogP contribution is 2.51. The minimum Gasteiger partial charge on any atom is -0.393 e. The number of aliphatic hydroxyl groups is 2. The molecule has 2 N–H and O–H groups in total. The highest BCUT2D eigenvalue weighted by atomic mass is 16.5. The first kappa shape index (κ1) is 12.1. The third-order valence-electron chi connectivity index (χ3n) is 3.87. The Morgan fingerprint density at radius 3 is 2.56 bits per heavy atom. The zero-order valence-corrected chi connectivity index (χ0v) is 10.5. The van der Waals surface area contributed by atoms with Gasteiger partial charge in [-0.3, -0.25) is 0 Å². The molecule has 4 atom stereocenters. The van der Waals surface area contributed by atoms with Crippen LogP contribution in [0.4, 0.5) is 0 Å². The number of ether oxygens (including phenoxy) is 1. The monoisotopic (exact) mass is 226 g/mol. The van der Waals surface area contributed by atoms with Crippen molar-refractivity contribution in [3.8, 4) is 0 Å². The van der Waals surface area contributed by atoms with Crippen LogP contribution in [0.2, 0.25) is 0 Å². The molecule has 3 heteroatoms. The Morgan fingerprint density at radius 1 is 1.38 bits per heavy atom. The van der Waals surface area contributed by atoms with Crippen LogP contribution in [0.15, 0.2) is 11.6 Å². The van der Waals surface area contributed by atoms with Crippen LogP contribution in [-0.4, -0.2) is 34.1 Å². The molecule has 0 saturated heterocycles. The molecule has 1 saturated carbocycles. The van der Waals surface area contributed by atoms with E-state index in [2.05, 4.69) is 19.9 Å². The first-order valence-electron chi connectivity index (χ1n) is 6.01. The lowest BCUT2D eigenvalue weighted by molar-refractivity contribution is -0.103. The van der Waals surface area contributed by atoms with Crippen LogP contribution in [-0.2, 0) is 4.74 Å². The van der Waals surface area contributed by atoms with Crippen LogP contribution in [0, 0.1) is 5.41 Å². The van der Waals surface area contributed by atoms with Gasteiger partial charge in [0.2, 0.25) is 0 Å². The molecule has 0 aromatic carbocycles. The molecule has 16 heavy (non-hydrogen) atoms. The van der Waals surface area contributed by atoms with Crippen LogP contribution in [0.1, 0.15) is 40.5 Å². The SMILES string of the molecule is C[C@H](O)[C@@H]1C=C2C(C)(C)C[C@H](O)C[C@@]2(C)O1. The Balaban J connectivity index is 2.34. The molecular weight excluding hydrogens is 204 g/mol. The van der Waals surface area contributed by atoms with E-state index < -0.39 is 11.7 Å². The maximum atomic E-state index is 9.91. The molecule has 0 radical (unpaired) electrons. The normalized spacial score (nSPS) is 43.8. The fraction of sp³-hybridized carbons (Fsp3) is 0.846. The lowest BCUT2D eigenvalue weighted by Gasteiger charge is -2.44. The van der Waals surface area contributed by atoms with Gasteiger partial charge in [-0.25, -0.2) is 0 Å². The van der Waals surface area contributed by atoms with Crippen LogP contribution < -0.4 is 0 Å². The van der Waals surface area contributed by atoms with Gasteiger partial charge in [0.25, 0.3) is 0 Å². The van der Waals surface area contributed by atoms with E-state index in [9.17, 15) is 10.2 Å². The van der Waals surface area contributed by atoms with Gasteiger partial charge in [0.15, 0.2) is 0 Å². The van der Waals surface area contributed by atoms with Gasteiger partial charge in [0.1, 0.15) is 6.10 Å². The van der Waals surface area contributed by atoms with Crippen LogP contribution in [0.3, 0.4) is 0 Å². The summed E-state index contributed by atoms with van der Waals surface area (Å²) in [5.41, 5.74) is 0.787. The summed E-state index contributed by atoms with van der Waals surface area (Å²) in [6.45, 7) is 8.03. The predicted octanol–water partition coefficient (Wildman–Crippen LogP) is 1.63. The molecule has 3 nitrogen and oxygen atoms in total. The maximum Gasteiger partial charge on any atom is 0.103 e. The van der Waals surface area contributed by atoms with Crippen molar-refractivity contribution in [2.75, 3.05) is 0 Å². The van der Waals surface area contributed by atoms with Crippen molar-refractivity contribution >= 4 is 0 Å². The first-order chi connectivity index (χ1) is 7.24. The molecule has 0 unspecified atom stereocenters. The Morgan fingerprint density at radius 2 is 2.00 bits per heavy atom. The summed E-state index contributed by atoms with van der Waals surface area (Å²) >= 11 is 0. The van der Waals surface area contributed by atoms with Gasteiger partial charge in [-0.2, -0.15) is 0 Å². The summed E-state index contributed by atoms with van der Waals surface area (Å²) in [6.07, 6.45) is 2.41. The summed E-state index contributed by atoms with van der Waals surface area (Å²) in [5.74, 6) is 0. The van der Waals surface area contributed by atoms with E-state index in [1.54, 1.807) is 6.92 Å². The van der Waals surface area contributed by atoms with Crippen molar-refractivity contribution in [1.29, 1.82) is 0 Å². The third kappa shape index (κ3) is 1.81. The van der Waals surface area contributed by atoms with Gasteiger partial charge in [-0.1, -0.05) is 19.9 Å². The number of hydrogen-bond donors (Lipinski definition) is 2. The Bertz CT molecular complexity index is 319. The van der Waals surface area contributed by atoms with Crippen LogP contribution >= 0.6 is 0 Å². The van der Waals surface area contributed by atoms with Crippen molar-refractivity contribution in [1.82, 2.24) is 0 Å². The van der Waals surface area contributed by atoms with Crippen molar-refractivity contribution in [2.24, 2.45) is 5.41 Å². The van der Waals surface area contributed by atoms with E-state index in [1.807, 2.05) is 6.92 Å². The molecule has 2 aliphatic rings. The largest absolute Gasteiger partial charge is 0.393 e. The Labute approximate surface area is 97.1 Å². The number of rotatable bonds is 1. The zero-order valence-electron chi connectivity index (χ0n) is 10.5. The maximum absolute atomic E-state index is 9.91. The Hall–Kier alpha value is -0.380. The summed E-state index contributed by atoms with van der Waals surface area (Å²) in [7, 11) is 0. The summed E-state index contributed by atoms with van der Waals surface area (Å²) in [6, 6.07) is 0. The third-order valence-corrected chi connectivity index (χ3v) is 3.87. The molecule has 0 spiro atoms. The van der Waals surface area contributed by atoms with E-state index in [1.165, 1.54) is 5.57 Å². The molecule has 0 aromatic rings. The molecule has 0 amide bonds. The van der Waals surface area contributed by atoms with Gasteiger partial charge in [-0.05, 0) is 31.3 Å². The summed E-state index contributed by atoms with van der Waals surface area (Å²) in [4.78, 5) is 0.